The molecule has 1 aromatic rings. The van der Waals surface area contributed by atoms with Crippen LogP contribution in [0.3, 0.4) is 0 Å². The number of hydrogen-bond acceptors (Lipinski definition) is 3. The predicted molar refractivity (Wildman–Crippen MR) is 82.5 cm³/mol. The molecule has 106 valence electrons. The van der Waals surface area contributed by atoms with Crippen LogP contribution in [0.5, 0.6) is 5.75 Å². The summed E-state index contributed by atoms with van der Waals surface area (Å²) in [7, 11) is 0. The Morgan fingerprint density at radius 1 is 1.32 bits per heavy atom. The van der Waals surface area contributed by atoms with Gasteiger partial charge in [-0.25, -0.2) is 0 Å². The van der Waals surface area contributed by atoms with Gasteiger partial charge in [-0.05, 0) is 44.0 Å². The Morgan fingerprint density at radius 2 is 2.05 bits per heavy atom. The van der Waals surface area contributed by atoms with Gasteiger partial charge >= 0.3 is 0 Å². The molecule has 2 unspecified atom stereocenters. The van der Waals surface area contributed by atoms with E-state index in [0.29, 0.717) is 12.1 Å². The number of hydrogen-bond donors (Lipinski definition) is 1. The minimum atomic E-state index is 0.525. The third kappa shape index (κ3) is 4.20. The topological polar surface area (TPSA) is 38.5 Å². The van der Waals surface area contributed by atoms with Crippen molar-refractivity contribution in [2.24, 2.45) is 5.73 Å². The number of nitrogens with two attached hydrogens (primary N) is 1. The van der Waals surface area contributed by atoms with Crippen LogP contribution in [0, 0.1) is 0 Å². The minimum Gasteiger partial charge on any atom is -0.492 e. The van der Waals surface area contributed by atoms with E-state index in [1.165, 1.54) is 19.3 Å². The molecule has 1 aliphatic heterocycles. The second kappa shape index (κ2) is 7.27. The Morgan fingerprint density at radius 3 is 2.74 bits per heavy atom. The van der Waals surface area contributed by atoms with Crippen molar-refractivity contribution in [1.29, 1.82) is 0 Å². The van der Waals surface area contributed by atoms with Gasteiger partial charge in [0, 0.05) is 29.6 Å². The van der Waals surface area contributed by atoms with Crippen LogP contribution in [0.1, 0.15) is 26.2 Å². The van der Waals surface area contributed by atoms with E-state index in [-0.39, 0.29) is 0 Å². The molecule has 1 aliphatic rings. The molecule has 1 heterocycles. The fourth-order valence-corrected chi connectivity index (χ4v) is 3.06. The molecule has 2 N–H and O–H groups in total. The van der Waals surface area contributed by atoms with Gasteiger partial charge in [0.1, 0.15) is 12.4 Å². The van der Waals surface area contributed by atoms with Crippen LogP contribution in [-0.4, -0.2) is 36.7 Å². The lowest BCUT2D eigenvalue weighted by atomic mass is 9.96. The second-order valence-electron chi connectivity index (χ2n) is 5.21. The average molecular weight is 327 g/mol. The zero-order valence-electron chi connectivity index (χ0n) is 11.5. The van der Waals surface area contributed by atoms with E-state index in [4.69, 9.17) is 10.5 Å². The van der Waals surface area contributed by atoms with Gasteiger partial charge in [0.25, 0.3) is 0 Å². The summed E-state index contributed by atoms with van der Waals surface area (Å²) in [6.45, 7) is 4.73. The molecule has 19 heavy (non-hydrogen) atoms. The predicted octanol–water partition coefficient (Wildman–Crippen LogP) is 3.03. The third-order valence-electron chi connectivity index (χ3n) is 3.90. The van der Waals surface area contributed by atoms with E-state index in [9.17, 15) is 0 Å². The molecule has 0 aromatic heterocycles. The molecule has 1 fully saturated rings. The maximum Gasteiger partial charge on any atom is 0.119 e. The van der Waals surface area contributed by atoms with Crippen molar-refractivity contribution in [3.8, 4) is 5.75 Å². The van der Waals surface area contributed by atoms with Gasteiger partial charge in [0.05, 0.1) is 0 Å². The number of nitrogens with zero attached hydrogens (tertiary/aromatic N) is 1. The molecular formula is C15H23BrN2O. The van der Waals surface area contributed by atoms with Crippen LogP contribution in [0.25, 0.3) is 0 Å². The Labute approximate surface area is 124 Å². The van der Waals surface area contributed by atoms with Crippen LogP contribution in [0.15, 0.2) is 28.7 Å². The van der Waals surface area contributed by atoms with Crippen LogP contribution in [0.4, 0.5) is 0 Å². The van der Waals surface area contributed by atoms with Crippen molar-refractivity contribution >= 4 is 15.9 Å². The highest BCUT2D eigenvalue weighted by Gasteiger charge is 2.26. The molecule has 3 nitrogen and oxygen atoms in total. The molecule has 0 aliphatic carbocycles. The van der Waals surface area contributed by atoms with E-state index in [1.807, 2.05) is 24.3 Å². The first-order valence-corrected chi connectivity index (χ1v) is 7.84. The van der Waals surface area contributed by atoms with Crippen molar-refractivity contribution in [3.05, 3.63) is 28.7 Å². The third-order valence-corrected chi connectivity index (χ3v) is 4.43. The largest absolute Gasteiger partial charge is 0.492 e. The summed E-state index contributed by atoms with van der Waals surface area (Å²) in [5.74, 6) is 0.928. The highest BCUT2D eigenvalue weighted by molar-refractivity contribution is 9.10. The average Bonchev–Trinajstić information content (AvgIpc) is 2.42. The molecular weight excluding hydrogens is 304 g/mol. The van der Waals surface area contributed by atoms with Crippen molar-refractivity contribution in [2.75, 3.05) is 19.7 Å². The van der Waals surface area contributed by atoms with Crippen molar-refractivity contribution < 1.29 is 4.74 Å². The van der Waals surface area contributed by atoms with Crippen LogP contribution >= 0.6 is 15.9 Å². The van der Waals surface area contributed by atoms with Crippen molar-refractivity contribution in [3.63, 3.8) is 0 Å². The summed E-state index contributed by atoms with van der Waals surface area (Å²) in [5, 5.41) is 0. The van der Waals surface area contributed by atoms with Gasteiger partial charge in [-0.3, -0.25) is 4.90 Å². The fourth-order valence-electron chi connectivity index (χ4n) is 2.80. The highest BCUT2D eigenvalue weighted by atomic mass is 79.9. The molecule has 4 heteroatoms. The van der Waals surface area contributed by atoms with E-state index in [0.717, 1.165) is 29.9 Å². The first-order valence-electron chi connectivity index (χ1n) is 7.05. The molecule has 0 bridgehead atoms. The van der Waals surface area contributed by atoms with Gasteiger partial charge in [0.2, 0.25) is 0 Å². The van der Waals surface area contributed by atoms with E-state index in [2.05, 4.69) is 27.8 Å². The van der Waals surface area contributed by atoms with Gasteiger partial charge in [-0.2, -0.15) is 0 Å². The quantitative estimate of drug-likeness (QED) is 0.903. The zero-order chi connectivity index (χ0) is 13.7. The summed E-state index contributed by atoms with van der Waals surface area (Å²) in [4.78, 5) is 2.50. The summed E-state index contributed by atoms with van der Waals surface area (Å²) in [6.07, 6.45) is 3.79. The first-order chi connectivity index (χ1) is 9.20. The number of likely N-dealkylation sites (tertiary alicyclic amines) is 1. The Kier molecular flexibility index (Phi) is 5.67. The van der Waals surface area contributed by atoms with E-state index in [1.54, 1.807) is 0 Å². The Bertz CT molecular complexity index is 382. The van der Waals surface area contributed by atoms with Crippen LogP contribution in [0.2, 0.25) is 0 Å². The standard InChI is InChI=1S/C15H23BrN2O/c1-12-3-2-4-14(11-17)18(12)9-10-19-15-7-5-13(16)6-8-15/h5-8,12,14H,2-4,9-11,17H2,1H3. The lowest BCUT2D eigenvalue weighted by molar-refractivity contribution is 0.0799. The maximum atomic E-state index is 5.87. The number of rotatable bonds is 5. The van der Waals surface area contributed by atoms with E-state index >= 15 is 0 Å². The lowest BCUT2D eigenvalue weighted by Crippen LogP contribution is -2.50. The molecule has 1 saturated heterocycles. The maximum absolute atomic E-state index is 5.87. The SMILES string of the molecule is CC1CCCC(CN)N1CCOc1ccc(Br)cc1. The Hall–Kier alpha value is -0.580. The zero-order valence-corrected chi connectivity index (χ0v) is 13.1. The number of benzene rings is 1. The van der Waals surface area contributed by atoms with Crippen molar-refractivity contribution in [2.45, 2.75) is 38.3 Å². The molecule has 0 spiro atoms. The highest BCUT2D eigenvalue weighted by Crippen LogP contribution is 2.22. The molecule has 2 atom stereocenters. The smallest absolute Gasteiger partial charge is 0.119 e. The van der Waals surface area contributed by atoms with Crippen molar-refractivity contribution in [1.82, 2.24) is 4.90 Å². The van der Waals surface area contributed by atoms with Crippen LogP contribution in [-0.2, 0) is 0 Å². The normalized spacial score (nSPS) is 24.4. The Balaban J connectivity index is 1.81. The van der Waals surface area contributed by atoms with Crippen LogP contribution < -0.4 is 10.5 Å². The lowest BCUT2D eigenvalue weighted by Gasteiger charge is -2.40. The summed E-state index contributed by atoms with van der Waals surface area (Å²) >= 11 is 3.42. The van der Waals surface area contributed by atoms with Gasteiger partial charge in [-0.15, -0.1) is 0 Å². The number of ether oxygens (including phenoxy) is 1. The monoisotopic (exact) mass is 326 g/mol. The number of piperidine rings is 1. The first kappa shape index (κ1) is 14.8. The molecule has 0 radical (unpaired) electrons. The second-order valence-corrected chi connectivity index (χ2v) is 6.13. The van der Waals surface area contributed by atoms with Gasteiger partial charge < -0.3 is 10.5 Å². The molecule has 0 saturated carbocycles. The molecule has 0 amide bonds. The van der Waals surface area contributed by atoms with E-state index < -0.39 is 0 Å². The summed E-state index contributed by atoms with van der Waals surface area (Å²) < 4.78 is 6.88. The molecule has 1 aromatic carbocycles. The summed E-state index contributed by atoms with van der Waals surface area (Å²) in [6, 6.07) is 9.13. The number of halogens is 1. The molecule has 2 rings (SSSR count). The minimum absolute atomic E-state index is 0.525. The summed E-state index contributed by atoms with van der Waals surface area (Å²) in [5.41, 5.74) is 5.87. The van der Waals surface area contributed by atoms with Gasteiger partial charge in [0.15, 0.2) is 0 Å². The fraction of sp³-hybridized carbons (Fsp3) is 0.600. The van der Waals surface area contributed by atoms with Gasteiger partial charge in [-0.1, -0.05) is 22.4 Å².